The van der Waals surface area contributed by atoms with E-state index in [0.29, 0.717) is 35.4 Å². The Kier molecular flexibility index (Phi) is 4.98. The van der Waals surface area contributed by atoms with Gasteiger partial charge in [-0.15, -0.1) is 0 Å². The van der Waals surface area contributed by atoms with E-state index in [1.165, 1.54) is 22.3 Å². The number of hydrogen-bond acceptors (Lipinski definition) is 6. The van der Waals surface area contributed by atoms with E-state index in [2.05, 4.69) is 15.4 Å². The smallest absolute Gasteiger partial charge is 0.264 e. The Morgan fingerprint density at radius 1 is 1.37 bits per heavy atom. The Balaban J connectivity index is 1.39. The number of carbonyl (C=O) groups excluding carboxylic acids is 1. The van der Waals surface area contributed by atoms with E-state index in [-0.39, 0.29) is 17.9 Å². The number of likely N-dealkylation sites (tertiary alicyclic amines) is 1. The van der Waals surface area contributed by atoms with Crippen molar-refractivity contribution in [2.24, 2.45) is 5.92 Å². The molecule has 27 heavy (non-hydrogen) atoms. The van der Waals surface area contributed by atoms with Gasteiger partial charge in [0.2, 0.25) is 5.95 Å². The molecule has 4 heterocycles. The van der Waals surface area contributed by atoms with Crippen LogP contribution < -0.4 is 10.1 Å². The summed E-state index contributed by atoms with van der Waals surface area (Å²) in [6.07, 6.45) is 0.683. The summed E-state index contributed by atoms with van der Waals surface area (Å²) in [5.41, 5.74) is 0. The molecule has 7 nitrogen and oxygen atoms in total. The maximum Gasteiger partial charge on any atom is 0.264 e. The van der Waals surface area contributed by atoms with Crippen molar-refractivity contribution < 1.29 is 18.3 Å². The third kappa shape index (κ3) is 3.50. The zero-order valence-electron chi connectivity index (χ0n) is 14.8. The number of amides is 1. The summed E-state index contributed by atoms with van der Waals surface area (Å²) < 4.78 is 33.3. The van der Waals surface area contributed by atoms with Crippen LogP contribution in [0.15, 0.2) is 18.5 Å². The van der Waals surface area contributed by atoms with Gasteiger partial charge in [-0.2, -0.15) is 10.1 Å². The van der Waals surface area contributed by atoms with Crippen LogP contribution in [0.5, 0.6) is 5.06 Å². The molecule has 1 fully saturated rings. The molecule has 0 aromatic carbocycles. The van der Waals surface area contributed by atoms with Crippen LogP contribution in [0, 0.1) is 5.92 Å². The van der Waals surface area contributed by atoms with Gasteiger partial charge in [0.1, 0.15) is 12.4 Å². The lowest BCUT2D eigenvalue weighted by Gasteiger charge is -2.39. The van der Waals surface area contributed by atoms with Crippen molar-refractivity contribution in [2.75, 3.05) is 25.5 Å². The van der Waals surface area contributed by atoms with Crippen molar-refractivity contribution in [1.29, 1.82) is 0 Å². The summed E-state index contributed by atoms with van der Waals surface area (Å²) in [7, 11) is 1.58. The molecular weight excluding hydrogens is 376 g/mol. The summed E-state index contributed by atoms with van der Waals surface area (Å²) >= 11 is 1.33. The Morgan fingerprint density at radius 2 is 2.15 bits per heavy atom. The number of ether oxygens (including phenoxy) is 1. The highest BCUT2D eigenvalue weighted by Gasteiger charge is 2.38. The van der Waals surface area contributed by atoms with Crippen LogP contribution in [0.3, 0.4) is 0 Å². The molecule has 2 aliphatic rings. The van der Waals surface area contributed by atoms with E-state index >= 15 is 0 Å². The standard InChI is InChI=1S/C17H21F2N5O2S/c1-26-14-3-2-13(27-14)16(25)23-6-4-10(5-7-23)11-8-12(15(18)19)24-17(22-11)20-9-21-24/h2-3,9-12,15H,4-8H2,1H3,(H,20,21,22)/t11-,12+/m0/s1. The number of rotatable bonds is 4. The molecule has 1 amide bonds. The maximum absolute atomic E-state index is 13.4. The number of halogens is 2. The molecule has 1 saturated heterocycles. The molecule has 0 saturated carbocycles. The van der Waals surface area contributed by atoms with Gasteiger partial charge in [0, 0.05) is 19.1 Å². The third-order valence-electron chi connectivity index (χ3n) is 5.38. The summed E-state index contributed by atoms with van der Waals surface area (Å²) in [4.78, 5) is 19.2. The number of nitrogens with zero attached hydrogens (tertiary/aromatic N) is 4. The number of aromatic nitrogens is 3. The monoisotopic (exact) mass is 397 g/mol. The lowest BCUT2D eigenvalue weighted by molar-refractivity contribution is 0.0538. The van der Waals surface area contributed by atoms with E-state index in [9.17, 15) is 13.6 Å². The highest BCUT2D eigenvalue weighted by atomic mass is 32.1. The average molecular weight is 397 g/mol. The Morgan fingerprint density at radius 3 is 2.81 bits per heavy atom. The van der Waals surface area contributed by atoms with Gasteiger partial charge in [-0.25, -0.2) is 13.5 Å². The largest absolute Gasteiger partial charge is 0.487 e. The second-order valence-corrected chi connectivity index (χ2v) is 7.92. The van der Waals surface area contributed by atoms with Crippen LogP contribution in [0.2, 0.25) is 0 Å². The fourth-order valence-electron chi connectivity index (χ4n) is 3.91. The summed E-state index contributed by atoms with van der Waals surface area (Å²) in [6.45, 7) is 1.24. The lowest BCUT2D eigenvalue weighted by Crippen LogP contribution is -2.46. The number of hydrogen-bond donors (Lipinski definition) is 1. The van der Waals surface area contributed by atoms with Gasteiger partial charge in [0.25, 0.3) is 12.3 Å². The summed E-state index contributed by atoms with van der Waals surface area (Å²) in [5, 5.41) is 7.88. The Hall–Kier alpha value is -2.23. The van der Waals surface area contributed by atoms with Gasteiger partial charge < -0.3 is 15.0 Å². The Labute approximate surface area is 159 Å². The molecule has 146 valence electrons. The number of anilines is 1. The zero-order chi connectivity index (χ0) is 19.0. The number of carbonyl (C=O) groups is 1. The third-order valence-corrected chi connectivity index (χ3v) is 6.41. The number of alkyl halides is 2. The number of piperidine rings is 1. The minimum absolute atomic E-state index is 0.00329. The number of nitrogens with one attached hydrogen (secondary N) is 1. The lowest BCUT2D eigenvalue weighted by atomic mass is 9.85. The molecule has 2 aromatic rings. The molecule has 2 atom stereocenters. The van der Waals surface area contributed by atoms with Gasteiger partial charge >= 0.3 is 0 Å². The second-order valence-electron chi connectivity index (χ2n) is 6.87. The molecule has 2 aliphatic heterocycles. The van der Waals surface area contributed by atoms with Crippen LogP contribution in [0.4, 0.5) is 14.7 Å². The Bertz CT molecular complexity index is 803. The van der Waals surface area contributed by atoms with Crippen molar-refractivity contribution in [3.05, 3.63) is 23.3 Å². The first-order valence-electron chi connectivity index (χ1n) is 8.94. The van der Waals surface area contributed by atoms with Gasteiger partial charge in [-0.05, 0) is 37.3 Å². The molecule has 0 aliphatic carbocycles. The highest BCUT2D eigenvalue weighted by molar-refractivity contribution is 7.15. The minimum Gasteiger partial charge on any atom is -0.487 e. The van der Waals surface area contributed by atoms with E-state index < -0.39 is 12.5 Å². The molecule has 1 N–H and O–H groups in total. The molecule has 0 radical (unpaired) electrons. The van der Waals surface area contributed by atoms with E-state index in [1.807, 2.05) is 4.90 Å². The topological polar surface area (TPSA) is 72.3 Å². The first-order valence-corrected chi connectivity index (χ1v) is 9.75. The van der Waals surface area contributed by atoms with Gasteiger partial charge in [-0.3, -0.25) is 4.79 Å². The quantitative estimate of drug-likeness (QED) is 0.859. The van der Waals surface area contributed by atoms with Crippen LogP contribution in [-0.4, -0.2) is 58.2 Å². The fraction of sp³-hybridized carbons (Fsp3) is 0.588. The summed E-state index contributed by atoms with van der Waals surface area (Å²) in [6, 6.07) is 2.53. The maximum atomic E-state index is 13.4. The van der Waals surface area contributed by atoms with Crippen LogP contribution in [-0.2, 0) is 0 Å². The predicted octanol–water partition coefficient (Wildman–Crippen LogP) is 2.89. The van der Waals surface area contributed by atoms with Crippen molar-refractivity contribution >= 4 is 23.2 Å². The molecular formula is C17H21F2N5O2S. The molecule has 0 bridgehead atoms. The molecule has 0 unspecified atom stereocenters. The highest BCUT2D eigenvalue weighted by Crippen LogP contribution is 2.36. The summed E-state index contributed by atoms with van der Waals surface area (Å²) in [5.74, 6) is 0.628. The normalized spacial score (nSPS) is 23.2. The number of thiophene rings is 1. The van der Waals surface area contributed by atoms with Crippen molar-refractivity contribution in [2.45, 2.75) is 37.8 Å². The van der Waals surface area contributed by atoms with Crippen LogP contribution >= 0.6 is 11.3 Å². The van der Waals surface area contributed by atoms with Gasteiger partial charge in [0.05, 0.1) is 12.0 Å². The second kappa shape index (κ2) is 7.41. The SMILES string of the molecule is COc1ccc(C(=O)N2CCC([C@@H]3C[C@H](C(F)F)n4ncnc4N3)CC2)s1. The van der Waals surface area contributed by atoms with E-state index in [4.69, 9.17) is 4.74 Å². The van der Waals surface area contributed by atoms with E-state index in [0.717, 1.165) is 12.8 Å². The molecule has 2 aromatic heterocycles. The molecule has 0 spiro atoms. The first-order chi connectivity index (χ1) is 13.1. The number of methoxy groups -OCH3 is 1. The van der Waals surface area contributed by atoms with Gasteiger partial charge in [0.15, 0.2) is 5.06 Å². The van der Waals surface area contributed by atoms with E-state index in [1.54, 1.807) is 19.2 Å². The van der Waals surface area contributed by atoms with Gasteiger partial charge in [-0.1, -0.05) is 11.3 Å². The first kappa shape index (κ1) is 18.1. The van der Waals surface area contributed by atoms with Crippen LogP contribution in [0.1, 0.15) is 35.0 Å². The number of fused-ring (bicyclic) bond motifs is 1. The molecule has 10 heteroatoms. The van der Waals surface area contributed by atoms with Crippen molar-refractivity contribution in [1.82, 2.24) is 19.7 Å². The van der Waals surface area contributed by atoms with Crippen LogP contribution in [0.25, 0.3) is 0 Å². The molecule has 4 rings (SSSR count). The van der Waals surface area contributed by atoms with Crippen molar-refractivity contribution in [3.8, 4) is 5.06 Å². The minimum atomic E-state index is -2.48. The zero-order valence-corrected chi connectivity index (χ0v) is 15.7. The predicted molar refractivity (Wildman–Crippen MR) is 96.6 cm³/mol. The van der Waals surface area contributed by atoms with Crippen molar-refractivity contribution in [3.63, 3.8) is 0 Å². The fourth-order valence-corrected chi connectivity index (χ4v) is 4.69. The average Bonchev–Trinajstić information content (AvgIpc) is 3.35.